The molecule has 116 valence electrons. The van der Waals surface area contributed by atoms with E-state index in [1.165, 1.54) is 22.7 Å². The lowest BCUT2D eigenvalue weighted by molar-refractivity contribution is 0.603. The topological polar surface area (TPSA) is 98.0 Å². The number of anilines is 1. The van der Waals surface area contributed by atoms with E-state index in [9.17, 15) is 8.42 Å². The van der Waals surface area contributed by atoms with Crippen LogP contribution in [0.15, 0.2) is 16.3 Å². The minimum absolute atomic E-state index is 0.270. The van der Waals surface area contributed by atoms with E-state index in [-0.39, 0.29) is 4.21 Å². The van der Waals surface area contributed by atoms with Gasteiger partial charge in [0.2, 0.25) is 5.13 Å². The molecular formula is C12H18N4O2S3. The Bertz CT molecular complexity index is 691. The van der Waals surface area contributed by atoms with Crippen LogP contribution in [0, 0.1) is 5.92 Å². The first-order valence-corrected chi connectivity index (χ1v) is 9.66. The summed E-state index contributed by atoms with van der Waals surface area (Å²) in [5.74, 6) is 0.457. The van der Waals surface area contributed by atoms with E-state index in [1.807, 2.05) is 0 Å². The van der Waals surface area contributed by atoms with Gasteiger partial charge in [0, 0.05) is 11.3 Å². The van der Waals surface area contributed by atoms with Gasteiger partial charge in [-0.05, 0) is 31.0 Å². The zero-order chi connectivity index (χ0) is 15.5. The zero-order valence-electron chi connectivity index (χ0n) is 11.9. The summed E-state index contributed by atoms with van der Waals surface area (Å²) in [5, 5.41) is 9.02. The van der Waals surface area contributed by atoms with Gasteiger partial charge in [0.05, 0.1) is 0 Å². The molecule has 0 saturated carbocycles. The second-order valence-corrected chi connectivity index (χ2v) is 9.10. The largest absolute Gasteiger partial charge is 0.330 e. The number of sulfonamides is 1. The van der Waals surface area contributed by atoms with Crippen molar-refractivity contribution in [3.63, 3.8) is 0 Å². The van der Waals surface area contributed by atoms with Crippen LogP contribution < -0.4 is 10.5 Å². The van der Waals surface area contributed by atoms with Crippen LogP contribution in [-0.2, 0) is 22.9 Å². The highest BCUT2D eigenvalue weighted by Gasteiger charge is 2.19. The fourth-order valence-electron chi connectivity index (χ4n) is 1.67. The Kier molecular flexibility index (Phi) is 5.31. The van der Waals surface area contributed by atoms with Gasteiger partial charge in [-0.15, -0.1) is 21.5 Å². The van der Waals surface area contributed by atoms with Gasteiger partial charge in [-0.25, -0.2) is 8.42 Å². The Morgan fingerprint density at radius 1 is 1.29 bits per heavy atom. The van der Waals surface area contributed by atoms with E-state index >= 15 is 0 Å². The maximum Gasteiger partial charge on any atom is 0.273 e. The summed E-state index contributed by atoms with van der Waals surface area (Å²) in [4.78, 5) is 0.954. The van der Waals surface area contributed by atoms with Crippen LogP contribution in [0.5, 0.6) is 0 Å². The van der Waals surface area contributed by atoms with E-state index < -0.39 is 10.0 Å². The van der Waals surface area contributed by atoms with Crippen LogP contribution in [-0.4, -0.2) is 25.2 Å². The summed E-state index contributed by atoms with van der Waals surface area (Å²) >= 11 is 2.50. The molecule has 2 rings (SSSR count). The molecule has 9 heteroatoms. The number of thiophene rings is 1. The Balaban J connectivity index is 2.11. The fourth-order valence-corrected chi connectivity index (χ4v) is 5.22. The van der Waals surface area contributed by atoms with Crippen molar-refractivity contribution in [3.8, 4) is 0 Å². The highest BCUT2D eigenvalue weighted by molar-refractivity contribution is 7.94. The number of hydrogen-bond donors (Lipinski definition) is 2. The molecule has 0 spiro atoms. The molecule has 0 aliphatic heterocycles. The van der Waals surface area contributed by atoms with E-state index in [4.69, 9.17) is 5.73 Å². The molecule has 3 N–H and O–H groups in total. The molecule has 0 radical (unpaired) electrons. The minimum atomic E-state index is -3.59. The summed E-state index contributed by atoms with van der Waals surface area (Å²) < 4.78 is 27.3. The van der Waals surface area contributed by atoms with Crippen LogP contribution in [0.2, 0.25) is 0 Å². The van der Waals surface area contributed by atoms with Gasteiger partial charge in [-0.2, -0.15) is 0 Å². The first kappa shape index (κ1) is 16.3. The Morgan fingerprint density at radius 2 is 2.05 bits per heavy atom. The number of hydrogen-bond acceptors (Lipinski definition) is 7. The molecule has 2 heterocycles. The number of nitrogens with two attached hydrogens (primary N) is 1. The molecule has 2 aromatic heterocycles. The van der Waals surface area contributed by atoms with Crippen molar-refractivity contribution in [1.82, 2.24) is 10.2 Å². The fraction of sp³-hybridized carbons (Fsp3) is 0.500. The third-order valence-electron chi connectivity index (χ3n) is 2.56. The maximum absolute atomic E-state index is 12.3. The molecule has 2 aromatic rings. The molecule has 0 fully saturated rings. The lowest BCUT2D eigenvalue weighted by Gasteiger charge is -2.01. The second-order valence-electron chi connectivity index (χ2n) is 4.96. The highest BCUT2D eigenvalue weighted by Crippen LogP contribution is 2.26. The predicted molar refractivity (Wildman–Crippen MR) is 86.3 cm³/mol. The van der Waals surface area contributed by atoms with Crippen LogP contribution in [0.4, 0.5) is 5.13 Å². The first-order valence-electron chi connectivity index (χ1n) is 6.54. The average molecular weight is 347 g/mol. The van der Waals surface area contributed by atoms with Crippen LogP contribution >= 0.6 is 22.7 Å². The summed E-state index contributed by atoms with van der Waals surface area (Å²) in [6, 6.07) is 3.38. The number of nitrogens with one attached hydrogen (secondary N) is 1. The summed E-state index contributed by atoms with van der Waals surface area (Å²) in [6.07, 6.45) is 1.47. The predicted octanol–water partition coefficient (Wildman–Crippen LogP) is 2.10. The molecule has 0 unspecified atom stereocenters. The first-order chi connectivity index (χ1) is 9.90. The Hall–Kier alpha value is -1.03. The number of rotatable bonds is 7. The van der Waals surface area contributed by atoms with Gasteiger partial charge >= 0.3 is 0 Å². The standard InChI is InChI=1S/C12H18N4O2S3/c1-8(2)7-10-14-15-12(20-10)16-21(17,18)11-4-3-9(19-11)5-6-13/h3-4,8H,5-7,13H2,1-2H3,(H,15,16). The average Bonchev–Trinajstić information content (AvgIpc) is 2.98. The quantitative estimate of drug-likeness (QED) is 0.800. The van der Waals surface area contributed by atoms with Gasteiger partial charge < -0.3 is 5.73 Å². The number of nitrogens with zero attached hydrogens (tertiary/aromatic N) is 2. The van der Waals surface area contributed by atoms with E-state index in [2.05, 4.69) is 28.8 Å². The third kappa shape index (κ3) is 4.47. The molecule has 0 bridgehead atoms. The van der Waals surface area contributed by atoms with Crippen molar-refractivity contribution in [2.24, 2.45) is 11.7 Å². The van der Waals surface area contributed by atoms with Crippen LogP contribution in [0.1, 0.15) is 23.7 Å². The van der Waals surface area contributed by atoms with Crippen molar-refractivity contribution in [2.75, 3.05) is 11.3 Å². The molecule has 0 saturated heterocycles. The molecule has 0 amide bonds. The molecule has 21 heavy (non-hydrogen) atoms. The van der Waals surface area contributed by atoms with Crippen molar-refractivity contribution < 1.29 is 8.42 Å². The summed E-state index contributed by atoms with van der Waals surface area (Å²) in [5.41, 5.74) is 5.47. The van der Waals surface area contributed by atoms with Crippen molar-refractivity contribution in [2.45, 2.75) is 30.9 Å². The van der Waals surface area contributed by atoms with Gasteiger partial charge in [0.1, 0.15) is 9.22 Å². The zero-order valence-corrected chi connectivity index (χ0v) is 14.3. The smallest absolute Gasteiger partial charge is 0.273 e. The van der Waals surface area contributed by atoms with Gasteiger partial charge in [0.15, 0.2) is 0 Å². The molecular weight excluding hydrogens is 328 g/mol. The number of aromatic nitrogens is 2. The Morgan fingerprint density at radius 3 is 2.71 bits per heavy atom. The van der Waals surface area contributed by atoms with Gasteiger partial charge in [0.25, 0.3) is 10.0 Å². The molecule has 6 nitrogen and oxygen atoms in total. The van der Waals surface area contributed by atoms with E-state index in [1.54, 1.807) is 12.1 Å². The second kappa shape index (κ2) is 6.82. The molecule has 0 aliphatic carbocycles. The highest BCUT2D eigenvalue weighted by atomic mass is 32.2. The SMILES string of the molecule is CC(C)Cc1nnc(NS(=O)(=O)c2ccc(CCN)s2)s1. The van der Waals surface area contributed by atoms with E-state index in [0.717, 1.165) is 16.3 Å². The van der Waals surface area contributed by atoms with Crippen molar-refractivity contribution in [1.29, 1.82) is 0 Å². The van der Waals surface area contributed by atoms with Gasteiger partial charge in [-0.3, -0.25) is 4.72 Å². The van der Waals surface area contributed by atoms with Gasteiger partial charge in [-0.1, -0.05) is 25.2 Å². The third-order valence-corrected chi connectivity index (χ3v) is 6.53. The molecule has 0 aromatic carbocycles. The molecule has 0 aliphatic rings. The van der Waals surface area contributed by atoms with Crippen LogP contribution in [0.3, 0.4) is 0 Å². The van der Waals surface area contributed by atoms with Crippen molar-refractivity contribution in [3.05, 3.63) is 22.0 Å². The molecule has 0 atom stereocenters. The normalized spacial score (nSPS) is 12.0. The monoisotopic (exact) mass is 346 g/mol. The van der Waals surface area contributed by atoms with Crippen LogP contribution in [0.25, 0.3) is 0 Å². The summed E-state index contributed by atoms with van der Waals surface area (Å²) in [6.45, 7) is 4.66. The van der Waals surface area contributed by atoms with Crippen molar-refractivity contribution >= 4 is 37.8 Å². The summed E-state index contributed by atoms with van der Waals surface area (Å²) in [7, 11) is -3.59. The lowest BCUT2D eigenvalue weighted by atomic mass is 10.1. The Labute approximate surface area is 132 Å². The minimum Gasteiger partial charge on any atom is -0.330 e. The lowest BCUT2D eigenvalue weighted by Crippen LogP contribution is -2.11. The maximum atomic E-state index is 12.3. The van der Waals surface area contributed by atoms with E-state index in [0.29, 0.717) is 24.0 Å².